The van der Waals surface area contributed by atoms with Crippen molar-refractivity contribution >= 4 is 5.69 Å². The topological polar surface area (TPSA) is 12.5 Å². The molecular weight excluding hydrogens is 205 g/mol. The van der Waals surface area contributed by atoms with Gasteiger partial charge in [-0.3, -0.25) is 0 Å². The Bertz CT molecular complexity index is 389. The quantitative estimate of drug-likeness (QED) is 0.778. The monoisotopic (exact) mass is 221 g/mol. The summed E-state index contributed by atoms with van der Waals surface area (Å²) in [6, 6.07) is 6.89. The molecule has 1 aliphatic rings. The zero-order chi connectivity index (χ0) is 11.4. The second kappa shape index (κ2) is 5.01. The van der Waals surface area contributed by atoms with E-state index >= 15 is 0 Å². The number of anilines is 1. The number of nitrogens with zero attached hydrogens (tertiary/aromatic N) is 1. The normalized spacial score (nSPS) is 15.9. The molecule has 0 radical (unpaired) electrons. The van der Waals surface area contributed by atoms with Crippen molar-refractivity contribution in [2.75, 3.05) is 24.6 Å². The third-order valence-corrected chi connectivity index (χ3v) is 2.69. The molecule has 2 rings (SSSR count). The number of hydrogen-bond acceptors (Lipinski definition) is 2. The van der Waals surface area contributed by atoms with Gasteiger partial charge in [-0.2, -0.15) is 0 Å². The van der Waals surface area contributed by atoms with E-state index in [1.54, 1.807) is 6.07 Å². The minimum atomic E-state index is -0.157. The maximum absolute atomic E-state index is 13.5. The summed E-state index contributed by atoms with van der Waals surface area (Å²) in [5, 5.41) is 0. The van der Waals surface area contributed by atoms with Crippen LogP contribution in [-0.4, -0.2) is 19.7 Å². The Labute approximate surface area is 95.3 Å². The van der Waals surface area contributed by atoms with E-state index in [4.69, 9.17) is 4.74 Å². The molecule has 0 fully saturated rings. The van der Waals surface area contributed by atoms with Crippen LogP contribution in [-0.2, 0) is 4.74 Å². The Morgan fingerprint density at radius 3 is 2.81 bits per heavy atom. The first-order valence-electron chi connectivity index (χ1n) is 5.62. The number of halogens is 1. The van der Waals surface area contributed by atoms with Crippen LogP contribution < -0.4 is 4.90 Å². The summed E-state index contributed by atoms with van der Waals surface area (Å²) in [5.74, 6) is 0.867. The molecule has 0 saturated heterocycles. The molecule has 0 atom stereocenters. The molecule has 0 saturated carbocycles. The van der Waals surface area contributed by atoms with Crippen LogP contribution >= 0.6 is 0 Å². The summed E-state index contributed by atoms with van der Waals surface area (Å²) in [4.78, 5) is 2.03. The zero-order valence-corrected chi connectivity index (χ0v) is 9.45. The van der Waals surface area contributed by atoms with Crippen LogP contribution in [0.5, 0.6) is 0 Å². The van der Waals surface area contributed by atoms with E-state index in [-0.39, 0.29) is 5.82 Å². The van der Waals surface area contributed by atoms with Crippen LogP contribution in [0, 0.1) is 5.82 Å². The van der Waals surface area contributed by atoms with Crippen molar-refractivity contribution in [1.29, 1.82) is 0 Å². The summed E-state index contributed by atoms with van der Waals surface area (Å²) in [7, 11) is 0. The van der Waals surface area contributed by atoms with Gasteiger partial charge in [0, 0.05) is 19.5 Å². The molecule has 0 bridgehead atoms. The lowest BCUT2D eigenvalue weighted by atomic mass is 10.2. The average molecular weight is 221 g/mol. The molecule has 3 heteroatoms. The Morgan fingerprint density at radius 2 is 2.19 bits per heavy atom. The summed E-state index contributed by atoms with van der Waals surface area (Å²) in [6.45, 7) is 4.21. The van der Waals surface area contributed by atoms with Gasteiger partial charge in [0.2, 0.25) is 0 Å². The molecular formula is C13H16FNO. The minimum absolute atomic E-state index is 0.157. The van der Waals surface area contributed by atoms with Crippen LogP contribution in [0.25, 0.3) is 0 Å². The predicted molar refractivity (Wildman–Crippen MR) is 62.9 cm³/mol. The van der Waals surface area contributed by atoms with Gasteiger partial charge in [0.1, 0.15) is 5.82 Å². The fraction of sp³-hybridized carbons (Fsp3) is 0.385. The standard InChI is InChI=1S/C13H16FNO/c1-2-16-11-7-9-15(10-8-11)13-6-4-3-5-12(13)14/h3-7H,2,8-10H2,1H3. The highest BCUT2D eigenvalue weighted by Gasteiger charge is 2.15. The van der Waals surface area contributed by atoms with E-state index in [0.29, 0.717) is 12.3 Å². The van der Waals surface area contributed by atoms with E-state index in [1.807, 2.05) is 30.0 Å². The number of hydrogen-bond donors (Lipinski definition) is 0. The molecule has 0 amide bonds. The molecule has 1 heterocycles. The highest BCUT2D eigenvalue weighted by atomic mass is 19.1. The maximum Gasteiger partial charge on any atom is 0.146 e. The molecule has 16 heavy (non-hydrogen) atoms. The zero-order valence-electron chi connectivity index (χ0n) is 9.45. The van der Waals surface area contributed by atoms with E-state index in [0.717, 1.165) is 25.3 Å². The first-order valence-corrected chi connectivity index (χ1v) is 5.62. The van der Waals surface area contributed by atoms with Crippen LogP contribution in [0.4, 0.5) is 10.1 Å². The molecule has 1 aromatic rings. The van der Waals surface area contributed by atoms with Crippen LogP contribution in [0.15, 0.2) is 36.1 Å². The fourth-order valence-corrected chi connectivity index (χ4v) is 1.89. The molecule has 1 aliphatic heterocycles. The Morgan fingerprint density at radius 1 is 1.38 bits per heavy atom. The summed E-state index contributed by atoms with van der Waals surface area (Å²) in [5.41, 5.74) is 0.675. The number of benzene rings is 1. The van der Waals surface area contributed by atoms with Gasteiger partial charge in [-0.05, 0) is 25.1 Å². The number of rotatable bonds is 3. The van der Waals surface area contributed by atoms with Gasteiger partial charge in [-0.1, -0.05) is 12.1 Å². The van der Waals surface area contributed by atoms with Crippen LogP contribution in [0.1, 0.15) is 13.3 Å². The van der Waals surface area contributed by atoms with E-state index in [9.17, 15) is 4.39 Å². The maximum atomic E-state index is 13.5. The molecule has 0 unspecified atom stereocenters. The SMILES string of the molecule is CCOC1=CCN(c2ccccc2F)CC1. The second-order valence-electron chi connectivity index (χ2n) is 3.75. The van der Waals surface area contributed by atoms with Crippen molar-refractivity contribution in [3.05, 3.63) is 41.9 Å². The third kappa shape index (κ3) is 2.35. The predicted octanol–water partition coefficient (Wildman–Crippen LogP) is 2.96. The van der Waals surface area contributed by atoms with Crippen molar-refractivity contribution in [2.45, 2.75) is 13.3 Å². The lowest BCUT2D eigenvalue weighted by Crippen LogP contribution is -2.29. The van der Waals surface area contributed by atoms with Gasteiger partial charge in [0.25, 0.3) is 0 Å². The highest BCUT2D eigenvalue weighted by Crippen LogP contribution is 2.22. The largest absolute Gasteiger partial charge is 0.498 e. The molecule has 0 spiro atoms. The number of para-hydroxylation sites is 1. The lowest BCUT2D eigenvalue weighted by molar-refractivity contribution is 0.215. The van der Waals surface area contributed by atoms with E-state index < -0.39 is 0 Å². The fourth-order valence-electron chi connectivity index (χ4n) is 1.89. The molecule has 86 valence electrons. The third-order valence-electron chi connectivity index (χ3n) is 2.69. The van der Waals surface area contributed by atoms with Crippen molar-refractivity contribution in [3.63, 3.8) is 0 Å². The van der Waals surface area contributed by atoms with E-state index in [2.05, 4.69) is 0 Å². The summed E-state index contributed by atoms with van der Waals surface area (Å²) in [6.07, 6.45) is 2.88. The number of ether oxygens (including phenoxy) is 1. The first kappa shape index (κ1) is 11.0. The Kier molecular flexibility index (Phi) is 3.44. The minimum Gasteiger partial charge on any atom is -0.498 e. The summed E-state index contributed by atoms with van der Waals surface area (Å²) < 4.78 is 19.0. The second-order valence-corrected chi connectivity index (χ2v) is 3.75. The lowest BCUT2D eigenvalue weighted by Gasteiger charge is -2.28. The van der Waals surface area contributed by atoms with Gasteiger partial charge in [-0.25, -0.2) is 4.39 Å². The van der Waals surface area contributed by atoms with Gasteiger partial charge in [0.05, 0.1) is 18.1 Å². The van der Waals surface area contributed by atoms with Gasteiger partial charge in [-0.15, -0.1) is 0 Å². The van der Waals surface area contributed by atoms with Gasteiger partial charge in [0.15, 0.2) is 0 Å². The van der Waals surface area contributed by atoms with E-state index in [1.165, 1.54) is 6.07 Å². The molecule has 0 aromatic heterocycles. The van der Waals surface area contributed by atoms with Gasteiger partial charge >= 0.3 is 0 Å². The molecule has 0 aliphatic carbocycles. The van der Waals surface area contributed by atoms with Crippen molar-refractivity contribution in [2.24, 2.45) is 0 Å². The average Bonchev–Trinajstić information content (AvgIpc) is 2.31. The van der Waals surface area contributed by atoms with Crippen LogP contribution in [0.2, 0.25) is 0 Å². The smallest absolute Gasteiger partial charge is 0.146 e. The molecule has 2 nitrogen and oxygen atoms in total. The molecule has 0 N–H and O–H groups in total. The summed E-state index contributed by atoms with van der Waals surface area (Å²) >= 11 is 0. The molecule has 1 aromatic carbocycles. The van der Waals surface area contributed by atoms with Crippen LogP contribution in [0.3, 0.4) is 0 Å². The Balaban J connectivity index is 2.07. The Hall–Kier alpha value is -1.51. The van der Waals surface area contributed by atoms with Crippen molar-refractivity contribution < 1.29 is 9.13 Å². The van der Waals surface area contributed by atoms with Gasteiger partial charge < -0.3 is 9.64 Å². The first-order chi connectivity index (χ1) is 7.81. The highest BCUT2D eigenvalue weighted by molar-refractivity contribution is 5.49. The van der Waals surface area contributed by atoms with Crippen molar-refractivity contribution in [1.82, 2.24) is 0 Å². The van der Waals surface area contributed by atoms with Crippen molar-refractivity contribution in [3.8, 4) is 0 Å².